The molecular formula is C14H14N2O2. The Kier molecular flexibility index (Phi) is 3.91. The average molecular weight is 242 g/mol. The van der Waals surface area contributed by atoms with Crippen molar-refractivity contribution in [3.63, 3.8) is 0 Å². The van der Waals surface area contributed by atoms with Crippen LogP contribution >= 0.6 is 0 Å². The zero-order valence-electron chi connectivity index (χ0n) is 9.86. The monoisotopic (exact) mass is 242 g/mol. The Hall–Kier alpha value is -2.36. The highest BCUT2D eigenvalue weighted by Gasteiger charge is 2.08. The number of para-hydroxylation sites is 1. The highest BCUT2D eigenvalue weighted by Crippen LogP contribution is 2.19. The summed E-state index contributed by atoms with van der Waals surface area (Å²) in [5.41, 5.74) is 1.69. The van der Waals surface area contributed by atoms with E-state index in [4.69, 9.17) is 0 Å². The summed E-state index contributed by atoms with van der Waals surface area (Å²) in [6.45, 7) is 0.726. The largest absolute Gasteiger partial charge is 0.508 e. The van der Waals surface area contributed by atoms with Crippen LogP contribution in [0.5, 0.6) is 5.75 Å². The van der Waals surface area contributed by atoms with Gasteiger partial charge < -0.3 is 5.11 Å². The second-order valence-corrected chi connectivity index (χ2v) is 4.02. The fraction of sp³-hybridized carbons (Fsp3) is 0.143. The first kappa shape index (κ1) is 12.1. The van der Waals surface area contributed by atoms with Gasteiger partial charge in [-0.2, -0.15) is 0 Å². The molecule has 0 spiro atoms. The number of rotatable bonds is 5. The molecule has 92 valence electrons. The third-order valence-electron chi connectivity index (χ3n) is 2.67. The molecule has 4 nitrogen and oxygen atoms in total. The van der Waals surface area contributed by atoms with Crippen LogP contribution in [0.25, 0.3) is 0 Å². The van der Waals surface area contributed by atoms with Gasteiger partial charge in [-0.05, 0) is 11.6 Å². The summed E-state index contributed by atoms with van der Waals surface area (Å²) in [6, 6.07) is 16.6. The quantitative estimate of drug-likeness (QED) is 0.647. The number of hydrogen-bond acceptors (Lipinski definition) is 3. The van der Waals surface area contributed by atoms with Gasteiger partial charge >= 0.3 is 0 Å². The molecule has 2 aromatic rings. The lowest BCUT2D eigenvalue weighted by Gasteiger charge is -2.15. The molecule has 18 heavy (non-hydrogen) atoms. The van der Waals surface area contributed by atoms with Crippen molar-refractivity contribution in [3.05, 3.63) is 70.6 Å². The van der Waals surface area contributed by atoms with Gasteiger partial charge in [-0.15, -0.1) is 4.91 Å². The van der Waals surface area contributed by atoms with Crippen LogP contribution in [0.4, 0.5) is 0 Å². The topological polar surface area (TPSA) is 52.9 Å². The lowest BCUT2D eigenvalue weighted by molar-refractivity contribution is 0.262. The van der Waals surface area contributed by atoms with Crippen LogP contribution in [-0.4, -0.2) is 10.1 Å². The predicted molar refractivity (Wildman–Crippen MR) is 69.6 cm³/mol. The minimum absolute atomic E-state index is 0.180. The molecule has 0 bridgehead atoms. The Bertz CT molecular complexity index is 514. The summed E-state index contributed by atoms with van der Waals surface area (Å²) in [7, 11) is 0. The highest BCUT2D eigenvalue weighted by atomic mass is 16.3. The summed E-state index contributed by atoms with van der Waals surface area (Å²) in [6.07, 6.45) is 0. The Morgan fingerprint density at radius 3 is 2.28 bits per heavy atom. The zero-order chi connectivity index (χ0) is 12.8. The normalized spacial score (nSPS) is 10.0. The molecule has 0 saturated carbocycles. The third-order valence-corrected chi connectivity index (χ3v) is 2.67. The molecule has 0 fully saturated rings. The molecule has 0 saturated heterocycles. The van der Waals surface area contributed by atoms with Crippen molar-refractivity contribution in [3.8, 4) is 5.75 Å². The van der Waals surface area contributed by atoms with Crippen LogP contribution in [0.15, 0.2) is 59.9 Å². The minimum atomic E-state index is 0.180. The third kappa shape index (κ3) is 3.07. The van der Waals surface area contributed by atoms with Crippen LogP contribution in [0, 0.1) is 4.91 Å². The van der Waals surface area contributed by atoms with E-state index in [1.54, 1.807) is 18.2 Å². The first-order valence-electron chi connectivity index (χ1n) is 5.68. The van der Waals surface area contributed by atoms with E-state index in [9.17, 15) is 10.0 Å². The molecule has 0 aliphatic rings. The van der Waals surface area contributed by atoms with Crippen molar-refractivity contribution in [2.75, 3.05) is 0 Å². The van der Waals surface area contributed by atoms with Crippen LogP contribution in [0.1, 0.15) is 11.1 Å². The van der Waals surface area contributed by atoms with Crippen LogP contribution < -0.4 is 0 Å². The van der Waals surface area contributed by atoms with E-state index in [1.807, 2.05) is 36.4 Å². The average Bonchev–Trinajstić information content (AvgIpc) is 2.41. The Labute approximate surface area is 105 Å². The van der Waals surface area contributed by atoms with Crippen LogP contribution in [-0.2, 0) is 13.1 Å². The van der Waals surface area contributed by atoms with E-state index >= 15 is 0 Å². The maximum Gasteiger partial charge on any atom is 0.120 e. The molecule has 4 heteroatoms. The fourth-order valence-electron chi connectivity index (χ4n) is 1.75. The number of benzene rings is 2. The number of aromatic hydroxyl groups is 1. The molecule has 0 aliphatic heterocycles. The van der Waals surface area contributed by atoms with Crippen LogP contribution in [0.3, 0.4) is 0 Å². The summed E-state index contributed by atoms with van der Waals surface area (Å²) in [5.74, 6) is 0.180. The van der Waals surface area contributed by atoms with E-state index in [1.165, 1.54) is 5.01 Å². The van der Waals surface area contributed by atoms with E-state index in [0.29, 0.717) is 18.7 Å². The van der Waals surface area contributed by atoms with Crippen molar-refractivity contribution in [2.45, 2.75) is 13.1 Å². The Morgan fingerprint density at radius 1 is 0.944 bits per heavy atom. The molecule has 0 unspecified atom stereocenters. The van der Waals surface area contributed by atoms with Crippen molar-refractivity contribution in [1.82, 2.24) is 5.01 Å². The molecule has 0 aliphatic carbocycles. The first-order valence-corrected chi connectivity index (χ1v) is 5.68. The lowest BCUT2D eigenvalue weighted by Crippen LogP contribution is -2.15. The maximum absolute atomic E-state index is 10.8. The van der Waals surface area contributed by atoms with Gasteiger partial charge in [0.05, 0.1) is 18.4 Å². The number of nitroso groups, excluding NO2 is 1. The smallest absolute Gasteiger partial charge is 0.120 e. The summed E-state index contributed by atoms with van der Waals surface area (Å²) in [5, 5.41) is 14.0. The van der Waals surface area contributed by atoms with Crippen molar-refractivity contribution in [2.24, 2.45) is 5.29 Å². The first-order chi connectivity index (χ1) is 8.79. The van der Waals surface area contributed by atoms with E-state index in [0.717, 1.165) is 5.56 Å². The summed E-state index contributed by atoms with van der Waals surface area (Å²) >= 11 is 0. The summed E-state index contributed by atoms with van der Waals surface area (Å²) in [4.78, 5) is 10.8. The van der Waals surface area contributed by atoms with Crippen molar-refractivity contribution in [1.29, 1.82) is 0 Å². The van der Waals surface area contributed by atoms with Gasteiger partial charge in [0, 0.05) is 5.56 Å². The standard InChI is InChI=1S/C14H14N2O2/c17-14-9-5-4-8-13(14)11-16(15-18)10-12-6-2-1-3-7-12/h1-9,17H,10-11H2. The van der Waals surface area contributed by atoms with Crippen molar-refractivity contribution < 1.29 is 5.11 Å². The minimum Gasteiger partial charge on any atom is -0.508 e. The molecule has 0 aromatic heterocycles. The van der Waals surface area contributed by atoms with Crippen LogP contribution in [0.2, 0.25) is 0 Å². The molecule has 2 rings (SSSR count). The van der Waals surface area contributed by atoms with Gasteiger partial charge in [0.1, 0.15) is 5.75 Å². The second-order valence-electron chi connectivity index (χ2n) is 4.02. The van der Waals surface area contributed by atoms with E-state index in [-0.39, 0.29) is 5.75 Å². The molecule has 0 amide bonds. The van der Waals surface area contributed by atoms with Gasteiger partial charge in [0.25, 0.3) is 0 Å². The van der Waals surface area contributed by atoms with Gasteiger partial charge in [0.2, 0.25) is 0 Å². The number of hydrogen-bond donors (Lipinski definition) is 1. The predicted octanol–water partition coefficient (Wildman–Crippen LogP) is 3.08. The molecule has 1 N–H and O–H groups in total. The SMILES string of the molecule is O=NN(Cc1ccccc1)Cc1ccccc1O. The Morgan fingerprint density at radius 2 is 1.61 bits per heavy atom. The lowest BCUT2D eigenvalue weighted by atomic mass is 10.2. The van der Waals surface area contributed by atoms with Gasteiger partial charge in [-0.25, -0.2) is 0 Å². The molecule has 2 aromatic carbocycles. The highest BCUT2D eigenvalue weighted by molar-refractivity contribution is 5.31. The Balaban J connectivity index is 2.07. The van der Waals surface area contributed by atoms with Gasteiger partial charge in [0.15, 0.2) is 0 Å². The van der Waals surface area contributed by atoms with Crippen molar-refractivity contribution >= 4 is 0 Å². The molecule has 0 heterocycles. The van der Waals surface area contributed by atoms with E-state index in [2.05, 4.69) is 5.29 Å². The second kappa shape index (κ2) is 5.82. The van der Waals surface area contributed by atoms with Gasteiger partial charge in [-0.3, -0.25) is 5.01 Å². The maximum atomic E-state index is 10.8. The number of phenols is 1. The molecular weight excluding hydrogens is 228 g/mol. The fourth-order valence-corrected chi connectivity index (χ4v) is 1.75. The zero-order valence-corrected chi connectivity index (χ0v) is 9.86. The molecule has 0 atom stereocenters. The number of phenolic OH excluding ortho intramolecular Hbond substituents is 1. The summed E-state index contributed by atoms with van der Waals surface area (Å²) < 4.78 is 0. The van der Waals surface area contributed by atoms with Gasteiger partial charge in [-0.1, -0.05) is 48.5 Å². The van der Waals surface area contributed by atoms with E-state index < -0.39 is 0 Å². The number of nitrogens with zero attached hydrogens (tertiary/aromatic N) is 2. The molecule has 0 radical (unpaired) electrons.